The first-order valence-electron chi connectivity index (χ1n) is 48.2. The van der Waals surface area contributed by atoms with Crippen molar-refractivity contribution in [1.82, 2.24) is 39.2 Å². The van der Waals surface area contributed by atoms with Crippen molar-refractivity contribution in [3.8, 4) is 17.2 Å². The van der Waals surface area contributed by atoms with Crippen LogP contribution in [0.4, 0.5) is 21.5 Å². The fourth-order valence-corrected chi connectivity index (χ4v) is 18.9. The number of amides is 9. The number of aromatic nitrogens is 2. The number of anilines is 3. The molecule has 0 bridgehead atoms. The lowest BCUT2D eigenvalue weighted by Crippen LogP contribution is -2.40. The number of furan rings is 2. The van der Waals surface area contributed by atoms with Gasteiger partial charge < -0.3 is 63.7 Å². The highest BCUT2D eigenvalue weighted by Crippen LogP contribution is 2.33. The topological polar surface area (TPSA) is 340 Å². The van der Waals surface area contributed by atoms with Crippen LogP contribution in [0.2, 0.25) is 0 Å². The SMILES string of the molecule is CC(=O)Nc1ccc(CC(=O)C2CCN(C(=O)c3cccs3)CC2)cc1.CCC(=O)N1CCC(C(=O)Cc2ccc(-n3nc(C)cc3C)cc2)CC1.CCc1cccc(NC(=O)C2CCN(C(C)=O)CC2)c1.COc1ccc(OC)c(NC(=O)C2CCN(C(C)=O)CC2)c1.O=C(Cc1ccc(F)cc1)C1CCN(C(=O)c2ccco2)CC1.O=C(Cc1ccc(I)cc1)C1CCN(C(=O)c2ccco2)CC1. The van der Waals surface area contributed by atoms with Crippen molar-refractivity contribution in [2.24, 2.45) is 35.5 Å². The van der Waals surface area contributed by atoms with E-state index in [1.54, 1.807) is 97.4 Å². The zero-order valence-corrected chi connectivity index (χ0v) is 84.4. The number of nitrogens with zero attached hydrogens (tertiary/aromatic N) is 8. The molecular formula is C109H129FIN11O17S. The molecule has 9 amide bonds. The highest BCUT2D eigenvalue weighted by molar-refractivity contribution is 14.1. The minimum atomic E-state index is -0.300. The third kappa shape index (κ3) is 32.5. The van der Waals surface area contributed by atoms with Gasteiger partial charge in [-0.15, -0.1) is 11.3 Å². The lowest BCUT2D eigenvalue weighted by atomic mass is 9.89. The molecule has 6 saturated heterocycles. The molecule has 0 aliphatic carbocycles. The summed E-state index contributed by atoms with van der Waals surface area (Å²) in [7, 11) is 3.13. The molecule has 10 heterocycles. The standard InChI is InChI=1S/C21H27N3O2.C20H22N2O3S.C18H18FNO3.C18H18INO3.C16H22N2O4.C16H22N2O2/c1-4-21(26)23-11-9-18(10-12-23)20(25)14-17-5-7-19(8-6-17)24-16(3)13-15(2)22-24;1-14(23)21-17-6-4-15(5-7-17)13-18(24)16-8-10-22(11-9-16)20(25)19-3-2-12-26-19;2*19-15-5-3-13(4-6-15)12-16(21)14-7-9-20(10-8-14)18(22)17-2-1-11-23-17;1-11(19)18-8-6-12(7-9-18)16(20)17-14-10-13(21-2)4-5-15(14)22-3;1-3-13-5-4-6-15(11-13)17-16(20)14-7-9-18(10-8-14)12(2)19/h5-8,13,18H,4,9-12,14H2,1-3H3;2-7,12,16H,8-11,13H2,1H3,(H,21,23);2*1-6,11,14H,7-10,12H2;4-5,10,12H,6-9H2,1-3H3,(H,17,20);4-6,11,14H,3,7-10H2,1-2H3,(H,17,20). The second-order valence-corrected chi connectivity index (χ2v) is 38.2. The summed E-state index contributed by atoms with van der Waals surface area (Å²) in [5.74, 6) is 2.72. The predicted molar refractivity (Wildman–Crippen MR) is 544 cm³/mol. The molecule has 31 heteroatoms. The molecule has 4 aromatic heterocycles. The van der Waals surface area contributed by atoms with Crippen LogP contribution >= 0.6 is 33.9 Å². The highest BCUT2D eigenvalue weighted by Gasteiger charge is 2.35. The Bertz CT molecular complexity index is 5650. The summed E-state index contributed by atoms with van der Waals surface area (Å²) in [6, 6.07) is 55.2. The van der Waals surface area contributed by atoms with Gasteiger partial charge in [-0.25, -0.2) is 9.07 Å². The van der Waals surface area contributed by atoms with Gasteiger partial charge in [-0.05, 0) is 262 Å². The van der Waals surface area contributed by atoms with E-state index in [0.29, 0.717) is 165 Å². The maximum absolute atomic E-state index is 12.9. The maximum Gasteiger partial charge on any atom is 0.289 e. The van der Waals surface area contributed by atoms with Gasteiger partial charge >= 0.3 is 0 Å². The van der Waals surface area contributed by atoms with Crippen LogP contribution in [0.3, 0.4) is 0 Å². The van der Waals surface area contributed by atoms with E-state index in [1.807, 2.05) is 155 Å². The van der Waals surface area contributed by atoms with Crippen molar-refractivity contribution in [2.45, 2.75) is 164 Å². The summed E-state index contributed by atoms with van der Waals surface area (Å²) in [5.41, 5.74) is 10.4. The van der Waals surface area contributed by atoms with Gasteiger partial charge in [0.15, 0.2) is 11.5 Å². The molecule has 0 atom stereocenters. The average molecular weight is 2040 g/mol. The van der Waals surface area contributed by atoms with Crippen LogP contribution in [-0.2, 0) is 80.0 Å². The minimum absolute atomic E-state index is 0.0101. The Morgan fingerprint density at radius 2 is 0.843 bits per heavy atom. The molecule has 28 nitrogen and oxygen atoms in total. The third-order valence-corrected chi connectivity index (χ3v) is 27.8. The number of hydrogen-bond acceptors (Lipinski definition) is 19. The summed E-state index contributed by atoms with van der Waals surface area (Å²) >= 11 is 3.71. The van der Waals surface area contributed by atoms with Gasteiger partial charge in [0.1, 0.15) is 40.4 Å². The van der Waals surface area contributed by atoms with E-state index in [2.05, 4.69) is 56.6 Å². The molecule has 3 N–H and O–H groups in total. The Morgan fingerprint density at radius 3 is 1.24 bits per heavy atom. The first-order valence-corrected chi connectivity index (χ1v) is 50.2. The van der Waals surface area contributed by atoms with Gasteiger partial charge in [-0.3, -0.25) is 62.3 Å². The van der Waals surface area contributed by atoms with E-state index in [1.165, 1.54) is 52.1 Å². The third-order valence-electron chi connectivity index (χ3n) is 26.2. The number of ketones is 4. The second kappa shape index (κ2) is 53.9. The second-order valence-electron chi connectivity index (χ2n) is 36.0. The number of nitrogens with one attached hydrogen (secondary N) is 3. The van der Waals surface area contributed by atoms with Crippen LogP contribution in [0.15, 0.2) is 209 Å². The van der Waals surface area contributed by atoms with Gasteiger partial charge in [0.25, 0.3) is 17.7 Å². The Hall–Kier alpha value is -13.0. The summed E-state index contributed by atoms with van der Waals surface area (Å²) in [5, 5.41) is 15.0. The van der Waals surface area contributed by atoms with E-state index in [4.69, 9.17) is 18.3 Å². The van der Waals surface area contributed by atoms with Gasteiger partial charge in [0.2, 0.25) is 35.4 Å². The Kier molecular flexibility index (Phi) is 41.4. The number of carbonyl (C=O) groups excluding carboxylic acids is 13. The lowest BCUT2D eigenvalue weighted by molar-refractivity contribution is -0.134. The van der Waals surface area contributed by atoms with Crippen molar-refractivity contribution in [2.75, 3.05) is 109 Å². The van der Waals surface area contributed by atoms with Crippen LogP contribution < -0.4 is 25.4 Å². The van der Waals surface area contributed by atoms with E-state index >= 15 is 0 Å². The predicted octanol–water partition coefficient (Wildman–Crippen LogP) is 17.6. The molecule has 6 aromatic carbocycles. The molecule has 0 unspecified atom stereocenters. The number of carbonyl (C=O) groups is 13. The highest BCUT2D eigenvalue weighted by atomic mass is 127. The zero-order valence-electron chi connectivity index (χ0n) is 81.4. The van der Waals surface area contributed by atoms with E-state index in [-0.39, 0.29) is 118 Å². The fourth-order valence-electron chi connectivity index (χ4n) is 17.9. The molecule has 6 aliphatic heterocycles. The average Bonchev–Trinajstić information content (AvgIpc) is 1.17. The van der Waals surface area contributed by atoms with Gasteiger partial charge in [0.05, 0.1) is 48.7 Å². The Morgan fingerprint density at radius 1 is 0.421 bits per heavy atom. The van der Waals surface area contributed by atoms with Crippen LogP contribution in [0.1, 0.15) is 188 Å². The van der Waals surface area contributed by atoms with Crippen LogP contribution in [-0.4, -0.2) is 208 Å². The number of Topliss-reactive ketones (excluding diaryl/α,β-unsaturated/α-hetero) is 4. The smallest absolute Gasteiger partial charge is 0.289 e. The fraction of sp³-hybridized carbons (Fsp3) is 0.413. The molecule has 10 aromatic rings. The zero-order chi connectivity index (χ0) is 100. The molecule has 6 aliphatic rings. The Labute approximate surface area is 836 Å². The minimum Gasteiger partial charge on any atom is -0.497 e. The molecular weight excluding hydrogens is 1910 g/mol. The monoisotopic (exact) mass is 2040 g/mol. The van der Waals surface area contributed by atoms with Crippen LogP contribution in [0.5, 0.6) is 11.5 Å². The number of halogens is 2. The number of ether oxygens (including phenoxy) is 2. The normalized spacial score (nSPS) is 15.4. The largest absolute Gasteiger partial charge is 0.497 e. The molecule has 0 radical (unpaired) electrons. The number of thiophene rings is 1. The number of piperidine rings is 6. The summed E-state index contributed by atoms with van der Waals surface area (Å²) in [6.07, 6.45) is 14.8. The number of methoxy groups -OCH3 is 2. The van der Waals surface area contributed by atoms with Crippen molar-refractivity contribution in [3.05, 3.63) is 265 Å². The van der Waals surface area contributed by atoms with Crippen molar-refractivity contribution in [3.63, 3.8) is 0 Å². The number of likely N-dealkylation sites (tertiary alicyclic amines) is 6. The van der Waals surface area contributed by atoms with Crippen molar-refractivity contribution in [1.29, 1.82) is 0 Å². The molecule has 16 rings (SSSR count). The molecule has 742 valence electrons. The first-order chi connectivity index (χ1) is 67.4. The Balaban J connectivity index is 0.000000161. The maximum atomic E-state index is 12.9. The molecule has 6 fully saturated rings. The number of aryl methyl sites for hydroxylation is 3. The summed E-state index contributed by atoms with van der Waals surface area (Å²) < 4.78 is 36.7. The first kappa shape index (κ1) is 107. The van der Waals surface area contributed by atoms with Crippen LogP contribution in [0, 0.1) is 58.7 Å². The molecule has 140 heavy (non-hydrogen) atoms. The molecule has 0 spiro atoms. The van der Waals surface area contributed by atoms with Crippen LogP contribution in [0.25, 0.3) is 5.69 Å². The summed E-state index contributed by atoms with van der Waals surface area (Å²) in [6.45, 7) is 20.2. The van der Waals surface area contributed by atoms with E-state index in [9.17, 15) is 66.7 Å². The lowest BCUT2D eigenvalue weighted by Gasteiger charge is -2.31. The van der Waals surface area contributed by atoms with Gasteiger partial charge in [-0.2, -0.15) is 5.10 Å². The summed E-state index contributed by atoms with van der Waals surface area (Å²) in [4.78, 5) is 168. The number of hydrogen-bond donors (Lipinski definition) is 3. The van der Waals surface area contributed by atoms with Crippen molar-refractivity contribution < 1.29 is 85.0 Å². The van der Waals surface area contributed by atoms with Gasteiger partial charge in [0, 0.05) is 194 Å². The van der Waals surface area contributed by atoms with E-state index in [0.717, 1.165) is 113 Å². The number of rotatable bonds is 25. The molecule has 0 saturated carbocycles. The number of benzene rings is 6. The van der Waals surface area contributed by atoms with E-state index < -0.39 is 0 Å². The van der Waals surface area contributed by atoms with Crippen molar-refractivity contribution >= 4 is 127 Å². The quantitative estimate of drug-likeness (QED) is 0.0447. The van der Waals surface area contributed by atoms with Gasteiger partial charge in [-0.1, -0.05) is 80.6 Å².